The second-order valence-corrected chi connectivity index (χ2v) is 10.3. The van der Waals surface area contributed by atoms with Gasteiger partial charge in [-0.2, -0.15) is 0 Å². The van der Waals surface area contributed by atoms with E-state index in [1.165, 1.54) is 14.2 Å². The molecular formula is C32H32N4O8. The van der Waals surface area contributed by atoms with Crippen molar-refractivity contribution in [1.82, 2.24) is 9.80 Å². The number of benzene rings is 3. The first-order valence-corrected chi connectivity index (χ1v) is 14.0. The van der Waals surface area contributed by atoms with Gasteiger partial charge in [0.05, 0.1) is 56.0 Å². The highest BCUT2D eigenvalue weighted by molar-refractivity contribution is 6.03. The van der Waals surface area contributed by atoms with E-state index in [9.17, 15) is 9.59 Å². The molecule has 0 radical (unpaired) electrons. The third kappa shape index (κ3) is 5.81. The lowest BCUT2D eigenvalue weighted by Crippen LogP contribution is -2.36. The molecule has 3 aromatic carbocycles. The lowest BCUT2D eigenvalue weighted by Gasteiger charge is -2.18. The molecule has 0 aromatic heterocycles. The van der Waals surface area contributed by atoms with Crippen molar-refractivity contribution in [3.63, 3.8) is 0 Å². The van der Waals surface area contributed by atoms with E-state index in [1.54, 1.807) is 40.3 Å². The molecule has 2 fully saturated rings. The summed E-state index contributed by atoms with van der Waals surface area (Å²) in [5, 5.41) is 0. The normalized spacial score (nSPS) is 17.1. The molecule has 3 aromatic rings. The van der Waals surface area contributed by atoms with Gasteiger partial charge in [-0.15, -0.1) is 0 Å². The molecule has 0 bridgehead atoms. The number of hydrogen-bond acceptors (Lipinski definition) is 10. The van der Waals surface area contributed by atoms with Gasteiger partial charge < -0.3 is 38.2 Å². The van der Waals surface area contributed by atoms with Crippen LogP contribution < -0.4 is 18.9 Å². The van der Waals surface area contributed by atoms with Gasteiger partial charge in [0.15, 0.2) is 23.0 Å². The molecule has 12 heteroatoms. The van der Waals surface area contributed by atoms with E-state index in [-0.39, 0.29) is 44.5 Å². The number of amides is 2. The van der Waals surface area contributed by atoms with Gasteiger partial charge in [-0.25, -0.2) is 0 Å². The van der Waals surface area contributed by atoms with Crippen LogP contribution in [0.5, 0.6) is 23.0 Å². The molecule has 44 heavy (non-hydrogen) atoms. The van der Waals surface area contributed by atoms with Crippen molar-refractivity contribution < 1.29 is 38.0 Å². The van der Waals surface area contributed by atoms with E-state index < -0.39 is 0 Å². The number of rotatable bonds is 10. The van der Waals surface area contributed by atoms with Crippen molar-refractivity contribution in [1.29, 1.82) is 0 Å². The fourth-order valence-electron chi connectivity index (χ4n) is 5.21. The van der Waals surface area contributed by atoms with Gasteiger partial charge in [0.25, 0.3) is 11.8 Å². The number of hydrogen-bond donors (Lipinski definition) is 0. The Bertz CT molecular complexity index is 1620. The van der Waals surface area contributed by atoms with Crippen LogP contribution in [0, 0.1) is 0 Å². The first-order valence-electron chi connectivity index (χ1n) is 14.0. The minimum absolute atomic E-state index is 0.160. The molecule has 3 heterocycles. The third-order valence-corrected chi connectivity index (χ3v) is 7.58. The van der Waals surface area contributed by atoms with Crippen LogP contribution in [0.2, 0.25) is 0 Å². The number of carbonyl (C=O) groups excluding carboxylic acids is 2. The fourth-order valence-corrected chi connectivity index (χ4v) is 5.21. The number of fused-ring (bicyclic) bond motifs is 2. The lowest BCUT2D eigenvalue weighted by atomic mass is 10.1. The number of methoxy groups -OCH3 is 2. The maximum absolute atomic E-state index is 13.1. The summed E-state index contributed by atoms with van der Waals surface area (Å²) in [6.45, 7) is 5.99. The van der Waals surface area contributed by atoms with Crippen molar-refractivity contribution in [3.8, 4) is 23.0 Å². The predicted molar refractivity (Wildman–Crippen MR) is 161 cm³/mol. The number of ether oxygens (including phenoxy) is 6. The molecule has 0 unspecified atom stereocenters. The molecule has 3 aliphatic rings. The predicted octanol–water partition coefficient (Wildman–Crippen LogP) is 4.14. The minimum atomic E-state index is -0.207. The molecule has 6 rings (SSSR count). The molecular weight excluding hydrogens is 568 g/mol. The Kier molecular flexibility index (Phi) is 8.44. The van der Waals surface area contributed by atoms with Crippen LogP contribution in [0.25, 0.3) is 0 Å². The zero-order chi connectivity index (χ0) is 30.6. The summed E-state index contributed by atoms with van der Waals surface area (Å²) < 4.78 is 34.1. The maximum Gasteiger partial charge on any atom is 0.258 e. The molecule has 12 nitrogen and oxygen atoms in total. The Labute approximate surface area is 254 Å². The standard InChI is InChI=1S/C32H32N4O8/c1-33-25-12-29(27(39-2)10-23(25)31(37)35-7-8-41-18-35)43-15-20-5-4-6-21(9-20)16-44-30-13-26-24(11-28(30)40-3)32(38)36-19-42-17-22(36)14-34-26/h4-6,9-14,22H,1,7-8,15-19H2,2-3H3/t22-/m1/s1. The van der Waals surface area contributed by atoms with Gasteiger partial charge in [0.2, 0.25) is 0 Å². The van der Waals surface area contributed by atoms with E-state index in [4.69, 9.17) is 28.4 Å². The van der Waals surface area contributed by atoms with Gasteiger partial charge in [0.1, 0.15) is 26.7 Å². The maximum atomic E-state index is 13.1. The molecule has 0 saturated carbocycles. The smallest absolute Gasteiger partial charge is 0.258 e. The third-order valence-electron chi connectivity index (χ3n) is 7.58. The molecule has 0 aliphatic carbocycles. The van der Waals surface area contributed by atoms with Crippen LogP contribution in [0.15, 0.2) is 58.5 Å². The fraction of sp³-hybridized carbons (Fsp3) is 0.312. The van der Waals surface area contributed by atoms with Crippen LogP contribution in [0.1, 0.15) is 31.8 Å². The monoisotopic (exact) mass is 600 g/mol. The van der Waals surface area contributed by atoms with Gasteiger partial charge in [-0.05, 0) is 36.0 Å². The summed E-state index contributed by atoms with van der Waals surface area (Å²) in [5.41, 5.74) is 3.51. The number of nitrogens with zero attached hydrogens (tertiary/aromatic N) is 4. The molecule has 3 aliphatic heterocycles. The summed E-state index contributed by atoms with van der Waals surface area (Å²) in [7, 11) is 3.05. The first-order chi connectivity index (χ1) is 21.5. The second-order valence-electron chi connectivity index (χ2n) is 10.3. The Hall–Kier alpha value is -4.94. The highest BCUT2D eigenvalue weighted by atomic mass is 16.5. The SMILES string of the molecule is C=Nc1cc(OCc2cccc(COc3cc4c(cc3OC)C(=O)N3COC[C@H]3C=N4)c2)c(OC)cc1C(=O)N1CCOC1. The molecule has 0 spiro atoms. The Balaban J connectivity index is 1.15. The largest absolute Gasteiger partial charge is 0.493 e. The highest BCUT2D eigenvalue weighted by Crippen LogP contribution is 2.38. The zero-order valence-corrected chi connectivity index (χ0v) is 24.5. The highest BCUT2D eigenvalue weighted by Gasteiger charge is 2.33. The van der Waals surface area contributed by atoms with Crippen LogP contribution in [0.4, 0.5) is 11.4 Å². The Morgan fingerprint density at radius 3 is 2.39 bits per heavy atom. The van der Waals surface area contributed by atoms with E-state index in [0.29, 0.717) is 65.3 Å². The zero-order valence-electron chi connectivity index (χ0n) is 24.5. The molecule has 2 amide bonds. The minimum Gasteiger partial charge on any atom is -0.493 e. The number of carbonyl (C=O) groups is 2. The summed E-state index contributed by atoms with van der Waals surface area (Å²) in [6, 6.07) is 14.2. The van der Waals surface area contributed by atoms with Crippen molar-refractivity contribution in [3.05, 3.63) is 70.8 Å². The quantitative estimate of drug-likeness (QED) is 0.319. The Morgan fingerprint density at radius 1 is 0.977 bits per heavy atom. The van der Waals surface area contributed by atoms with Crippen LogP contribution in [0.3, 0.4) is 0 Å². The van der Waals surface area contributed by atoms with Crippen molar-refractivity contribution >= 4 is 36.1 Å². The van der Waals surface area contributed by atoms with E-state index in [0.717, 1.165) is 11.1 Å². The van der Waals surface area contributed by atoms with Gasteiger partial charge in [0, 0.05) is 24.9 Å². The first kappa shape index (κ1) is 29.1. The van der Waals surface area contributed by atoms with Crippen LogP contribution in [-0.2, 0) is 22.7 Å². The molecule has 2 saturated heterocycles. The average molecular weight is 601 g/mol. The van der Waals surface area contributed by atoms with Crippen LogP contribution >= 0.6 is 0 Å². The summed E-state index contributed by atoms with van der Waals surface area (Å²) in [6.07, 6.45) is 1.73. The van der Waals surface area contributed by atoms with Crippen molar-refractivity contribution in [2.45, 2.75) is 19.3 Å². The Morgan fingerprint density at radius 2 is 1.70 bits per heavy atom. The summed E-state index contributed by atoms with van der Waals surface area (Å²) in [4.78, 5) is 37.9. The van der Waals surface area contributed by atoms with E-state index >= 15 is 0 Å². The molecule has 1 atom stereocenters. The summed E-state index contributed by atoms with van der Waals surface area (Å²) in [5.74, 6) is 1.38. The molecule has 0 N–H and O–H groups in total. The van der Waals surface area contributed by atoms with Gasteiger partial charge >= 0.3 is 0 Å². The average Bonchev–Trinajstić information content (AvgIpc) is 3.75. The van der Waals surface area contributed by atoms with E-state index in [1.807, 2.05) is 24.3 Å². The van der Waals surface area contributed by atoms with Gasteiger partial charge in [-0.1, -0.05) is 18.2 Å². The van der Waals surface area contributed by atoms with Crippen molar-refractivity contribution in [2.24, 2.45) is 9.98 Å². The second kappa shape index (κ2) is 12.7. The van der Waals surface area contributed by atoms with E-state index in [2.05, 4.69) is 16.7 Å². The van der Waals surface area contributed by atoms with Gasteiger partial charge in [-0.3, -0.25) is 19.6 Å². The van der Waals surface area contributed by atoms with Crippen molar-refractivity contribution in [2.75, 3.05) is 47.4 Å². The lowest BCUT2D eigenvalue weighted by molar-refractivity contribution is 0.0679. The van der Waals surface area contributed by atoms with Crippen LogP contribution in [-0.4, -0.2) is 88.0 Å². The summed E-state index contributed by atoms with van der Waals surface area (Å²) >= 11 is 0. The molecule has 228 valence electrons. The topological polar surface area (TPSA) is 121 Å². The number of aliphatic imine (C=N–C) groups is 2.